The lowest BCUT2D eigenvalue weighted by Crippen LogP contribution is -2.43. The highest BCUT2D eigenvalue weighted by Gasteiger charge is 2.34. The van der Waals surface area contributed by atoms with Gasteiger partial charge in [-0.05, 0) is 38.1 Å². The molecule has 7 heteroatoms. The molecule has 0 radical (unpaired) electrons. The Morgan fingerprint density at radius 3 is 2.85 bits per heavy atom. The summed E-state index contributed by atoms with van der Waals surface area (Å²) in [5.74, 6) is 0.849. The van der Waals surface area contributed by atoms with Crippen molar-refractivity contribution in [1.29, 1.82) is 5.26 Å². The molecule has 4 rings (SSSR count). The molecule has 1 atom stereocenters. The predicted octanol–water partition coefficient (Wildman–Crippen LogP) is 3.07. The van der Waals surface area contributed by atoms with Gasteiger partial charge in [0.05, 0.1) is 6.54 Å². The number of nitrogens with zero attached hydrogens (tertiary/aromatic N) is 4. The molecule has 0 aromatic carbocycles. The normalized spacial score (nSPS) is 15.9. The van der Waals surface area contributed by atoms with Crippen molar-refractivity contribution in [3.63, 3.8) is 0 Å². The number of amides is 1. The van der Waals surface area contributed by atoms with Gasteiger partial charge in [0.2, 0.25) is 11.8 Å². The van der Waals surface area contributed by atoms with E-state index in [1.54, 1.807) is 47.1 Å². The molecule has 1 amide bonds. The van der Waals surface area contributed by atoms with Gasteiger partial charge in [-0.2, -0.15) is 5.26 Å². The van der Waals surface area contributed by atoms with Crippen molar-refractivity contribution < 1.29 is 13.9 Å². The Morgan fingerprint density at radius 1 is 1.35 bits per heavy atom. The number of fused-ring (bicyclic) bond motifs is 1. The molecule has 3 aromatic heterocycles. The summed E-state index contributed by atoms with van der Waals surface area (Å²) in [5, 5.41) is 9.67. The van der Waals surface area contributed by atoms with Gasteiger partial charge in [0.1, 0.15) is 34.7 Å². The molecule has 0 saturated heterocycles. The highest BCUT2D eigenvalue weighted by atomic mass is 16.5. The van der Waals surface area contributed by atoms with Gasteiger partial charge in [0, 0.05) is 18.6 Å². The monoisotopic (exact) mass is 348 g/mol. The number of nitriles is 1. The van der Waals surface area contributed by atoms with E-state index in [1.807, 2.05) is 19.1 Å². The van der Waals surface area contributed by atoms with Crippen molar-refractivity contribution in [2.75, 3.05) is 11.4 Å². The number of ether oxygens (including phenoxy) is 1. The van der Waals surface area contributed by atoms with Gasteiger partial charge in [0.15, 0.2) is 0 Å². The fourth-order valence-electron chi connectivity index (χ4n) is 3.13. The van der Waals surface area contributed by atoms with E-state index in [2.05, 4.69) is 11.1 Å². The molecule has 0 spiro atoms. The minimum Gasteiger partial charge on any atom is -0.471 e. The second-order valence-electron chi connectivity index (χ2n) is 6.09. The van der Waals surface area contributed by atoms with Gasteiger partial charge in [-0.25, -0.2) is 4.98 Å². The highest BCUT2D eigenvalue weighted by molar-refractivity contribution is 6.09. The first-order valence-corrected chi connectivity index (χ1v) is 8.20. The van der Waals surface area contributed by atoms with E-state index in [-0.39, 0.29) is 23.1 Å². The number of carbonyl (C=O) groups is 1. The van der Waals surface area contributed by atoms with Gasteiger partial charge in [-0.1, -0.05) is 0 Å². The van der Waals surface area contributed by atoms with Gasteiger partial charge in [-0.3, -0.25) is 14.3 Å². The molecule has 1 aliphatic rings. The van der Waals surface area contributed by atoms with Crippen molar-refractivity contribution in [3.05, 3.63) is 59.7 Å². The molecule has 0 fully saturated rings. The first-order valence-electron chi connectivity index (χ1n) is 8.20. The Labute approximate surface area is 150 Å². The van der Waals surface area contributed by atoms with Gasteiger partial charge in [-0.15, -0.1) is 0 Å². The van der Waals surface area contributed by atoms with E-state index in [0.717, 1.165) is 0 Å². The maximum atomic E-state index is 13.3. The molecule has 0 unspecified atom stereocenters. The zero-order valence-corrected chi connectivity index (χ0v) is 14.3. The minimum atomic E-state index is -0.300. The number of hydrogen-bond acceptors (Lipinski definition) is 5. The topological polar surface area (TPSA) is 84.3 Å². The van der Waals surface area contributed by atoms with Crippen LogP contribution in [0.5, 0.6) is 5.88 Å². The van der Waals surface area contributed by atoms with Crippen LogP contribution in [0.3, 0.4) is 0 Å². The van der Waals surface area contributed by atoms with E-state index < -0.39 is 0 Å². The number of anilines is 1. The van der Waals surface area contributed by atoms with Crippen molar-refractivity contribution in [1.82, 2.24) is 9.55 Å². The van der Waals surface area contributed by atoms with E-state index in [1.165, 1.54) is 0 Å². The first kappa shape index (κ1) is 16.0. The standard InChI is InChI=1S/C19H16N4O3/c1-12-11-23(15-6-5-7-21-17(15)25-12)18(24)16-13(2)26-19(14(16)10-20)22-8-3-4-9-22/h3-9,12H,11H2,1-2H3/t12-/m1/s1. The molecule has 130 valence electrons. The van der Waals surface area contributed by atoms with E-state index >= 15 is 0 Å². The summed E-state index contributed by atoms with van der Waals surface area (Å²) in [4.78, 5) is 19.1. The minimum absolute atomic E-state index is 0.206. The lowest BCUT2D eigenvalue weighted by atomic mass is 10.1. The van der Waals surface area contributed by atoms with E-state index in [0.29, 0.717) is 29.8 Å². The second kappa shape index (κ2) is 6.08. The van der Waals surface area contributed by atoms with E-state index in [9.17, 15) is 10.1 Å². The highest BCUT2D eigenvalue weighted by Crippen LogP contribution is 2.34. The average Bonchev–Trinajstić information content (AvgIpc) is 3.27. The van der Waals surface area contributed by atoms with Crippen molar-refractivity contribution in [2.45, 2.75) is 20.0 Å². The Morgan fingerprint density at radius 2 is 2.12 bits per heavy atom. The Hall–Kier alpha value is -3.53. The lowest BCUT2D eigenvalue weighted by molar-refractivity contribution is 0.0957. The summed E-state index contributed by atoms with van der Waals surface area (Å²) >= 11 is 0. The van der Waals surface area contributed by atoms with Crippen LogP contribution < -0.4 is 9.64 Å². The second-order valence-corrected chi connectivity index (χ2v) is 6.09. The van der Waals surface area contributed by atoms with Crippen LogP contribution in [0.25, 0.3) is 5.88 Å². The third-order valence-corrected chi connectivity index (χ3v) is 4.27. The van der Waals surface area contributed by atoms with Gasteiger partial charge >= 0.3 is 0 Å². The lowest BCUT2D eigenvalue weighted by Gasteiger charge is -2.32. The number of aromatic nitrogens is 2. The summed E-state index contributed by atoms with van der Waals surface area (Å²) < 4.78 is 13.1. The molecule has 0 N–H and O–H groups in total. The molecule has 4 heterocycles. The van der Waals surface area contributed by atoms with Gasteiger partial charge in [0.25, 0.3) is 5.91 Å². The third-order valence-electron chi connectivity index (χ3n) is 4.27. The Kier molecular flexibility index (Phi) is 3.73. The zero-order valence-electron chi connectivity index (χ0n) is 14.3. The zero-order chi connectivity index (χ0) is 18.3. The first-order chi connectivity index (χ1) is 12.6. The summed E-state index contributed by atoms with van der Waals surface area (Å²) in [6.45, 7) is 3.93. The number of pyridine rings is 1. The summed E-state index contributed by atoms with van der Waals surface area (Å²) in [5.41, 5.74) is 1.07. The number of furan rings is 1. The van der Waals surface area contributed by atoms with Crippen LogP contribution in [-0.4, -0.2) is 28.1 Å². The number of carbonyl (C=O) groups excluding carboxylic acids is 1. The molecule has 0 saturated carbocycles. The van der Waals surface area contributed by atoms with Crippen molar-refractivity contribution in [3.8, 4) is 17.8 Å². The Balaban J connectivity index is 1.82. The summed E-state index contributed by atoms with van der Waals surface area (Å²) in [7, 11) is 0. The van der Waals surface area contributed by atoms with Gasteiger partial charge < -0.3 is 9.15 Å². The SMILES string of the molecule is Cc1oc(-n2cccc2)c(C#N)c1C(=O)N1C[C@@H](C)Oc2ncccc21. The predicted molar refractivity (Wildman–Crippen MR) is 93.5 cm³/mol. The third kappa shape index (κ3) is 2.43. The molecule has 3 aromatic rings. The smallest absolute Gasteiger partial charge is 0.263 e. The number of hydrogen-bond donors (Lipinski definition) is 0. The fourth-order valence-corrected chi connectivity index (χ4v) is 3.13. The molecular weight excluding hydrogens is 332 g/mol. The van der Waals surface area contributed by atoms with Crippen LogP contribution in [0.2, 0.25) is 0 Å². The largest absolute Gasteiger partial charge is 0.471 e. The molecule has 26 heavy (non-hydrogen) atoms. The quantitative estimate of drug-likeness (QED) is 0.710. The molecule has 0 aliphatic carbocycles. The van der Waals surface area contributed by atoms with Crippen LogP contribution in [-0.2, 0) is 0 Å². The molecule has 1 aliphatic heterocycles. The molecular formula is C19H16N4O3. The van der Waals surface area contributed by atoms with Crippen LogP contribution in [0.4, 0.5) is 5.69 Å². The van der Waals surface area contributed by atoms with Crippen LogP contribution in [0, 0.1) is 18.3 Å². The molecule has 7 nitrogen and oxygen atoms in total. The number of aryl methyl sites for hydroxylation is 1. The van der Waals surface area contributed by atoms with Crippen molar-refractivity contribution in [2.24, 2.45) is 0 Å². The fraction of sp³-hybridized carbons (Fsp3) is 0.211. The maximum absolute atomic E-state index is 13.3. The average molecular weight is 348 g/mol. The van der Waals surface area contributed by atoms with E-state index in [4.69, 9.17) is 9.15 Å². The molecule has 0 bridgehead atoms. The van der Waals surface area contributed by atoms with Crippen LogP contribution in [0.1, 0.15) is 28.6 Å². The van der Waals surface area contributed by atoms with Crippen molar-refractivity contribution >= 4 is 11.6 Å². The van der Waals surface area contributed by atoms with Crippen LogP contribution in [0.15, 0.2) is 47.3 Å². The number of rotatable bonds is 2. The Bertz CT molecular complexity index is 1010. The summed E-state index contributed by atoms with van der Waals surface area (Å²) in [6.07, 6.45) is 4.95. The van der Waals surface area contributed by atoms with Crippen LogP contribution >= 0.6 is 0 Å². The maximum Gasteiger partial charge on any atom is 0.263 e. The summed E-state index contributed by atoms with van der Waals surface area (Å²) in [6, 6.07) is 9.30.